The summed E-state index contributed by atoms with van der Waals surface area (Å²) in [4.78, 5) is 19.3. The second-order valence-corrected chi connectivity index (χ2v) is 2.43. The Balaban J connectivity index is 0. The Morgan fingerprint density at radius 3 is 2.11 bits per heavy atom. The van der Waals surface area contributed by atoms with Crippen LogP contribution in [0.3, 0.4) is 0 Å². The van der Waals surface area contributed by atoms with Gasteiger partial charge in [-0.2, -0.15) is 0 Å². The fraction of sp³-hybridized carbons (Fsp3) is 1.00. The van der Waals surface area contributed by atoms with E-state index in [1.165, 1.54) is 0 Å². The second-order valence-electron chi connectivity index (χ2n) is 1.28. The Morgan fingerprint density at radius 2 is 2.00 bits per heavy atom. The fourth-order valence-corrected chi connectivity index (χ4v) is 0.609. The molecule has 0 spiro atoms. The van der Waals surface area contributed by atoms with Crippen LogP contribution in [-0.4, -0.2) is 29.7 Å². The summed E-state index contributed by atoms with van der Waals surface area (Å²) in [6, 6.07) is 0. The monoisotopic (exact) mass is 162 g/mol. The molecule has 0 bridgehead atoms. The van der Waals surface area contributed by atoms with E-state index in [0.29, 0.717) is 6.42 Å². The van der Waals surface area contributed by atoms with E-state index in [-0.39, 0.29) is 29.7 Å². The summed E-state index contributed by atoms with van der Waals surface area (Å²) in [6.07, 6.45) is 0.536. The normalized spacial score (nSPS) is 10.6. The zero-order valence-electron chi connectivity index (χ0n) is 5.20. The molecule has 9 heavy (non-hydrogen) atoms. The minimum absolute atomic E-state index is 0. The Kier molecular flexibility index (Phi) is 7.87. The van der Waals surface area contributed by atoms with Crippen molar-refractivity contribution >= 4 is 30.9 Å². The van der Waals surface area contributed by atoms with Gasteiger partial charge in [0.15, 0.2) is 0 Å². The van der Waals surface area contributed by atoms with Crippen molar-refractivity contribution in [2.75, 3.05) is 6.61 Å². The van der Waals surface area contributed by atoms with Crippen LogP contribution in [0.15, 0.2) is 0 Å². The summed E-state index contributed by atoms with van der Waals surface area (Å²) < 4.78 is 13.5. The molecule has 0 aromatic rings. The van der Waals surface area contributed by atoms with Gasteiger partial charge in [-0.25, -0.2) is 0 Å². The predicted octanol–water partition coefficient (Wildman–Crippen LogP) is -1.14. The van der Waals surface area contributed by atoms with Gasteiger partial charge in [0.05, 0.1) is 14.4 Å². The van der Waals surface area contributed by atoms with Crippen molar-refractivity contribution in [1.29, 1.82) is 0 Å². The average Bonchev–Trinajstić information content (AvgIpc) is 1.59. The summed E-state index contributed by atoms with van der Waals surface area (Å²) >= 11 is 0. The van der Waals surface area contributed by atoms with Crippen molar-refractivity contribution in [3.8, 4) is 0 Å². The summed E-state index contributed by atoms with van der Waals surface area (Å²) in [6.45, 7) is 1.71. The zero-order chi connectivity index (χ0) is 6.62. The summed E-state index contributed by atoms with van der Waals surface area (Å²) in [5.74, 6) is 0. The Hall–Kier alpha value is 0.876. The van der Waals surface area contributed by atoms with Crippen LogP contribution < -0.4 is 9.79 Å². The van der Waals surface area contributed by atoms with Gasteiger partial charge in [-0.15, -0.1) is 0 Å². The molecule has 0 N–H and O–H groups in total. The van der Waals surface area contributed by atoms with Gasteiger partial charge in [0.25, 0.3) is 0 Å². The third-order valence-electron chi connectivity index (χ3n) is 0.454. The van der Waals surface area contributed by atoms with Gasteiger partial charge in [-0.1, -0.05) is 6.92 Å². The van der Waals surface area contributed by atoms with Gasteiger partial charge in [-0.05, 0) is 6.42 Å². The van der Waals surface area contributed by atoms with Crippen LogP contribution in [0, 0.1) is 0 Å². The molecule has 0 aromatic carbocycles. The van der Waals surface area contributed by atoms with Crippen molar-refractivity contribution in [2.45, 2.75) is 13.3 Å². The molecule has 4 nitrogen and oxygen atoms in total. The van der Waals surface area contributed by atoms with Gasteiger partial charge in [0, 0.05) is 0 Å². The average molecular weight is 162 g/mol. The Morgan fingerprint density at radius 1 is 1.56 bits per heavy atom. The molecule has 0 aliphatic rings. The largest absolute Gasteiger partial charge is 2.00 e. The van der Waals surface area contributed by atoms with Crippen LogP contribution in [0.2, 0.25) is 0 Å². The van der Waals surface area contributed by atoms with Crippen LogP contribution in [0.25, 0.3) is 0 Å². The van der Waals surface area contributed by atoms with E-state index in [0.717, 1.165) is 0 Å². The van der Waals surface area contributed by atoms with Gasteiger partial charge >= 0.3 is 23.1 Å². The third-order valence-corrected chi connectivity index (χ3v) is 0.952. The number of phosphoric ester groups is 1. The molecular formula is C3H7MgO4P. The zero-order valence-corrected chi connectivity index (χ0v) is 7.51. The number of rotatable bonds is 3. The molecule has 0 atom stereocenters. The molecule has 0 saturated heterocycles. The number of phosphoric acid groups is 1. The molecule has 0 rings (SSSR count). The summed E-state index contributed by atoms with van der Waals surface area (Å²) in [5.41, 5.74) is 0. The van der Waals surface area contributed by atoms with Gasteiger partial charge in [0.2, 0.25) is 0 Å². The molecule has 0 radical (unpaired) electrons. The topological polar surface area (TPSA) is 72.4 Å². The number of hydrogen-bond acceptors (Lipinski definition) is 4. The van der Waals surface area contributed by atoms with E-state index in [4.69, 9.17) is 0 Å². The molecule has 0 unspecified atom stereocenters. The Labute approximate surface area is 70.0 Å². The smallest absolute Gasteiger partial charge is 0.790 e. The molecule has 0 amide bonds. The first-order valence-electron chi connectivity index (χ1n) is 2.23. The fourth-order valence-electron chi connectivity index (χ4n) is 0.203. The SMILES string of the molecule is CCCOP(=O)([O-])[O-].[Mg+2]. The molecule has 0 aliphatic heterocycles. The first kappa shape index (κ1) is 12.5. The van der Waals surface area contributed by atoms with Crippen molar-refractivity contribution in [3.63, 3.8) is 0 Å². The minimum atomic E-state index is -4.68. The summed E-state index contributed by atoms with van der Waals surface area (Å²) in [7, 11) is -4.68. The second kappa shape index (κ2) is 5.65. The molecule has 0 aliphatic carbocycles. The molecule has 0 aromatic heterocycles. The van der Waals surface area contributed by atoms with Crippen LogP contribution in [-0.2, 0) is 9.09 Å². The van der Waals surface area contributed by atoms with Crippen molar-refractivity contribution in [1.82, 2.24) is 0 Å². The van der Waals surface area contributed by atoms with Crippen molar-refractivity contribution in [3.05, 3.63) is 0 Å². The maximum absolute atomic E-state index is 9.64. The van der Waals surface area contributed by atoms with E-state index in [9.17, 15) is 14.4 Å². The van der Waals surface area contributed by atoms with Crippen LogP contribution in [0.5, 0.6) is 0 Å². The van der Waals surface area contributed by atoms with E-state index in [1.807, 2.05) is 0 Å². The van der Waals surface area contributed by atoms with Gasteiger partial charge < -0.3 is 18.9 Å². The van der Waals surface area contributed by atoms with Crippen LogP contribution in [0.1, 0.15) is 13.3 Å². The third kappa shape index (κ3) is 12.2. The number of hydrogen-bond donors (Lipinski definition) is 0. The maximum Gasteiger partial charge on any atom is 2.00 e. The van der Waals surface area contributed by atoms with Gasteiger partial charge in [0.1, 0.15) is 0 Å². The molecule has 6 heteroatoms. The molecule has 0 saturated carbocycles. The first-order valence-corrected chi connectivity index (χ1v) is 3.69. The van der Waals surface area contributed by atoms with Gasteiger partial charge in [-0.3, -0.25) is 0 Å². The quantitative estimate of drug-likeness (QED) is 0.388. The van der Waals surface area contributed by atoms with Crippen molar-refractivity contribution in [2.24, 2.45) is 0 Å². The molecular weight excluding hydrogens is 155 g/mol. The van der Waals surface area contributed by atoms with Crippen molar-refractivity contribution < 1.29 is 18.9 Å². The van der Waals surface area contributed by atoms with E-state index >= 15 is 0 Å². The van der Waals surface area contributed by atoms with Crippen LogP contribution in [0.4, 0.5) is 0 Å². The van der Waals surface area contributed by atoms with E-state index in [2.05, 4.69) is 4.52 Å². The standard InChI is InChI=1S/C3H9O4P.Mg/c1-2-3-7-8(4,5)6;/h2-3H2,1H3,(H2,4,5,6);/q;+2/p-2. The first-order chi connectivity index (χ1) is 3.56. The summed E-state index contributed by atoms with van der Waals surface area (Å²) in [5, 5.41) is 0. The van der Waals surface area contributed by atoms with E-state index < -0.39 is 7.82 Å². The Bertz CT molecular complexity index is 100.0. The molecule has 0 heterocycles. The molecule has 50 valence electrons. The maximum atomic E-state index is 9.64. The minimum Gasteiger partial charge on any atom is -0.790 e. The predicted molar refractivity (Wildman–Crippen MR) is 29.6 cm³/mol. The van der Waals surface area contributed by atoms with E-state index in [1.54, 1.807) is 6.92 Å². The van der Waals surface area contributed by atoms with Crippen LogP contribution >= 0.6 is 7.82 Å². The molecule has 0 fully saturated rings.